The maximum Gasteiger partial charge on any atom is 0.305 e. The summed E-state index contributed by atoms with van der Waals surface area (Å²) in [6, 6.07) is 0. The van der Waals surface area contributed by atoms with Crippen LogP contribution in [0.1, 0.15) is 113 Å². The smallest absolute Gasteiger partial charge is 0.305 e. The minimum absolute atomic E-state index is 0.0179. The molecule has 0 aromatic rings. The number of ether oxygens (including phenoxy) is 1. The molecule has 0 spiro atoms. The van der Waals surface area contributed by atoms with E-state index in [4.69, 9.17) is 4.74 Å². The van der Waals surface area contributed by atoms with E-state index in [9.17, 15) is 4.79 Å². The minimum atomic E-state index is -0.0179. The van der Waals surface area contributed by atoms with E-state index in [1.165, 1.54) is 44.9 Å². The Morgan fingerprint density at radius 3 is 2.17 bits per heavy atom. The van der Waals surface area contributed by atoms with Crippen LogP contribution in [0, 0.1) is 51.2 Å². The summed E-state index contributed by atoms with van der Waals surface area (Å²) in [5.74, 6) is 4.11. The Morgan fingerprint density at radius 1 is 0.833 bits per heavy atom. The fourth-order valence-corrected chi connectivity index (χ4v) is 9.90. The van der Waals surface area contributed by atoms with Crippen molar-refractivity contribution >= 4 is 5.97 Å². The largest absolute Gasteiger partial charge is 0.462 e. The number of rotatable bonds is 2. The molecule has 9 atom stereocenters. The molecule has 4 rings (SSSR count). The standard InChI is InChI=1S/C28H48O2/c1-9-24(29)30-23-14-15-26(6)21(25(23,4)5)13-17-28(8)22(26)11-10-20-19(3)18(2)12-16-27(20,28)7/h18-23H,9-17H2,1-8H3/t18?,19?,20-,21+,22-,23+,26+,27-,28-/m1/s1. The lowest BCUT2D eigenvalue weighted by Gasteiger charge is -2.72. The number of carbonyl (C=O) groups is 1. The molecule has 0 saturated heterocycles. The lowest BCUT2D eigenvalue weighted by atomic mass is 9.33. The number of esters is 1. The van der Waals surface area contributed by atoms with Crippen LogP contribution in [0.4, 0.5) is 0 Å². The lowest BCUT2D eigenvalue weighted by molar-refractivity contribution is -0.242. The van der Waals surface area contributed by atoms with Crippen molar-refractivity contribution in [3.63, 3.8) is 0 Å². The highest BCUT2D eigenvalue weighted by molar-refractivity contribution is 5.69. The molecule has 0 heterocycles. The molecule has 0 amide bonds. The van der Waals surface area contributed by atoms with Gasteiger partial charge in [-0.05, 0) is 97.2 Å². The normalized spacial score (nSPS) is 52.5. The summed E-state index contributed by atoms with van der Waals surface area (Å²) in [7, 11) is 0. The first-order valence-corrected chi connectivity index (χ1v) is 13.1. The van der Waals surface area contributed by atoms with E-state index in [0.29, 0.717) is 28.6 Å². The second-order valence-corrected chi connectivity index (χ2v) is 13.2. The summed E-state index contributed by atoms with van der Waals surface area (Å²) >= 11 is 0. The van der Waals surface area contributed by atoms with E-state index in [0.717, 1.165) is 30.1 Å². The lowest BCUT2D eigenvalue weighted by Crippen LogP contribution is -2.65. The third-order valence-corrected chi connectivity index (χ3v) is 12.1. The summed E-state index contributed by atoms with van der Waals surface area (Å²) in [6.45, 7) is 19.8. The first-order valence-electron chi connectivity index (χ1n) is 13.1. The van der Waals surface area contributed by atoms with Crippen molar-refractivity contribution in [1.82, 2.24) is 0 Å². The van der Waals surface area contributed by atoms with Gasteiger partial charge in [0.25, 0.3) is 0 Å². The molecule has 0 aromatic heterocycles. The van der Waals surface area contributed by atoms with Crippen molar-refractivity contribution < 1.29 is 9.53 Å². The van der Waals surface area contributed by atoms with Gasteiger partial charge in [-0.15, -0.1) is 0 Å². The van der Waals surface area contributed by atoms with E-state index in [2.05, 4.69) is 48.5 Å². The summed E-state index contributed by atoms with van der Waals surface area (Å²) in [5, 5.41) is 0. The molecule has 172 valence electrons. The van der Waals surface area contributed by atoms with Gasteiger partial charge in [0.05, 0.1) is 0 Å². The van der Waals surface area contributed by atoms with Gasteiger partial charge in [0.15, 0.2) is 0 Å². The van der Waals surface area contributed by atoms with Crippen LogP contribution in [-0.4, -0.2) is 12.1 Å². The SMILES string of the molecule is CCC(=O)O[C@H]1CC[C@]2(C)[C@H]3CC[C@@H]4C(C)C(C)CC[C@@]4(C)[C@]3(C)CC[C@H]2C1(C)C. The van der Waals surface area contributed by atoms with Crippen molar-refractivity contribution in [3.05, 3.63) is 0 Å². The van der Waals surface area contributed by atoms with Crippen LogP contribution >= 0.6 is 0 Å². The van der Waals surface area contributed by atoms with Gasteiger partial charge in [0.1, 0.15) is 6.10 Å². The average Bonchev–Trinajstić information content (AvgIpc) is 2.68. The molecule has 30 heavy (non-hydrogen) atoms. The average molecular weight is 417 g/mol. The Labute approximate surface area is 186 Å². The number of hydrogen-bond acceptors (Lipinski definition) is 2. The van der Waals surface area contributed by atoms with Crippen LogP contribution in [0.2, 0.25) is 0 Å². The Bertz CT molecular complexity index is 682. The zero-order valence-corrected chi connectivity index (χ0v) is 21.1. The Balaban J connectivity index is 1.66. The third kappa shape index (κ3) is 2.90. The molecule has 2 heteroatoms. The molecule has 0 aromatic carbocycles. The maximum atomic E-state index is 12.1. The highest BCUT2D eigenvalue weighted by Gasteiger charge is 2.68. The van der Waals surface area contributed by atoms with E-state index < -0.39 is 0 Å². The zero-order valence-electron chi connectivity index (χ0n) is 21.1. The predicted molar refractivity (Wildman–Crippen MR) is 124 cm³/mol. The van der Waals surface area contributed by atoms with Crippen molar-refractivity contribution in [2.45, 2.75) is 119 Å². The molecule has 4 aliphatic rings. The van der Waals surface area contributed by atoms with Crippen LogP contribution in [0.25, 0.3) is 0 Å². The Morgan fingerprint density at radius 2 is 1.50 bits per heavy atom. The van der Waals surface area contributed by atoms with Crippen molar-refractivity contribution in [1.29, 1.82) is 0 Å². The van der Waals surface area contributed by atoms with Gasteiger partial charge in [-0.25, -0.2) is 0 Å². The Hall–Kier alpha value is -0.530. The summed E-state index contributed by atoms with van der Waals surface area (Å²) < 4.78 is 6.00. The molecule has 4 saturated carbocycles. The van der Waals surface area contributed by atoms with Crippen LogP contribution in [0.15, 0.2) is 0 Å². The van der Waals surface area contributed by atoms with Gasteiger partial charge in [0, 0.05) is 11.8 Å². The van der Waals surface area contributed by atoms with Gasteiger partial charge in [-0.3, -0.25) is 4.79 Å². The second-order valence-electron chi connectivity index (χ2n) is 13.2. The summed E-state index contributed by atoms with van der Waals surface area (Å²) in [6.07, 6.45) is 11.2. The topological polar surface area (TPSA) is 26.3 Å². The van der Waals surface area contributed by atoms with E-state index in [1.54, 1.807) is 0 Å². The monoisotopic (exact) mass is 416 g/mol. The molecule has 0 N–H and O–H groups in total. The third-order valence-electron chi connectivity index (χ3n) is 12.1. The van der Waals surface area contributed by atoms with E-state index in [1.807, 2.05) is 6.92 Å². The molecule has 2 nitrogen and oxygen atoms in total. The maximum absolute atomic E-state index is 12.1. The van der Waals surface area contributed by atoms with Gasteiger partial charge in [-0.2, -0.15) is 0 Å². The van der Waals surface area contributed by atoms with Gasteiger partial charge in [0.2, 0.25) is 0 Å². The zero-order chi connectivity index (χ0) is 22.1. The summed E-state index contributed by atoms with van der Waals surface area (Å²) in [5.41, 5.74) is 1.40. The molecule has 0 radical (unpaired) electrons. The molecular formula is C28H48O2. The quantitative estimate of drug-likeness (QED) is 0.432. The first kappa shape index (κ1) is 22.7. The highest BCUT2D eigenvalue weighted by atomic mass is 16.5. The van der Waals surface area contributed by atoms with E-state index in [-0.39, 0.29) is 17.5 Å². The molecule has 0 aliphatic heterocycles. The molecule has 4 aliphatic carbocycles. The summed E-state index contributed by atoms with van der Waals surface area (Å²) in [4.78, 5) is 12.1. The fraction of sp³-hybridized carbons (Fsp3) is 0.964. The fourth-order valence-electron chi connectivity index (χ4n) is 9.90. The van der Waals surface area contributed by atoms with Crippen molar-refractivity contribution in [2.24, 2.45) is 51.2 Å². The molecule has 2 unspecified atom stereocenters. The first-order chi connectivity index (χ1) is 13.9. The van der Waals surface area contributed by atoms with Crippen molar-refractivity contribution in [3.8, 4) is 0 Å². The predicted octanol–water partition coefficient (Wildman–Crippen LogP) is 7.65. The van der Waals surface area contributed by atoms with Crippen LogP contribution in [0.3, 0.4) is 0 Å². The molecule has 4 fully saturated rings. The van der Waals surface area contributed by atoms with Gasteiger partial charge >= 0.3 is 5.97 Å². The van der Waals surface area contributed by atoms with Crippen LogP contribution in [0.5, 0.6) is 0 Å². The van der Waals surface area contributed by atoms with Gasteiger partial charge < -0.3 is 4.74 Å². The highest BCUT2D eigenvalue weighted by Crippen LogP contribution is 2.74. The van der Waals surface area contributed by atoms with Gasteiger partial charge in [-0.1, -0.05) is 55.4 Å². The van der Waals surface area contributed by atoms with Crippen molar-refractivity contribution in [2.75, 3.05) is 0 Å². The van der Waals surface area contributed by atoms with Crippen LogP contribution < -0.4 is 0 Å². The number of fused-ring (bicyclic) bond motifs is 5. The number of carbonyl (C=O) groups excluding carboxylic acids is 1. The number of hydrogen-bond donors (Lipinski definition) is 0. The van der Waals surface area contributed by atoms with E-state index >= 15 is 0 Å². The molecule has 0 bridgehead atoms. The molecular weight excluding hydrogens is 368 g/mol. The van der Waals surface area contributed by atoms with Crippen LogP contribution in [-0.2, 0) is 9.53 Å². The minimum Gasteiger partial charge on any atom is -0.462 e. The second kappa shape index (κ2) is 7.24. The Kier molecular flexibility index (Phi) is 5.47.